The highest BCUT2D eigenvalue weighted by molar-refractivity contribution is 5.48. The zero-order valence-corrected chi connectivity index (χ0v) is 12.1. The highest BCUT2D eigenvalue weighted by atomic mass is 19.1. The van der Waals surface area contributed by atoms with Crippen LogP contribution in [-0.4, -0.2) is 43.2 Å². The van der Waals surface area contributed by atoms with Gasteiger partial charge in [0.05, 0.1) is 11.8 Å². The molecule has 0 radical (unpaired) electrons. The average molecular weight is 288 g/mol. The quantitative estimate of drug-likeness (QED) is 0.914. The summed E-state index contributed by atoms with van der Waals surface area (Å²) in [6, 6.07) is 9.18. The number of hydrogen-bond donors (Lipinski definition) is 1. The topological polar surface area (TPSA) is 56.3 Å². The zero-order chi connectivity index (χ0) is 14.9. The Morgan fingerprint density at radius 1 is 1.24 bits per heavy atom. The van der Waals surface area contributed by atoms with Crippen LogP contribution in [0, 0.1) is 23.1 Å². The molecule has 4 nitrogen and oxygen atoms in total. The van der Waals surface area contributed by atoms with Crippen LogP contribution in [0.1, 0.15) is 12.8 Å². The summed E-state index contributed by atoms with van der Waals surface area (Å²) in [7, 11) is 0. The Labute approximate surface area is 124 Å². The fourth-order valence-corrected chi connectivity index (χ4v) is 3.08. The lowest BCUT2D eigenvalue weighted by molar-refractivity contribution is 0.210. The molecule has 1 saturated heterocycles. The van der Waals surface area contributed by atoms with E-state index >= 15 is 0 Å². The summed E-state index contributed by atoms with van der Waals surface area (Å²) in [4.78, 5) is 4.30. The van der Waals surface area contributed by atoms with Gasteiger partial charge in [-0.25, -0.2) is 4.39 Å². The first-order chi connectivity index (χ1) is 10.1. The first kappa shape index (κ1) is 14.3. The SMILES string of the molecule is N#CC(N)(CN1CCN(c2ccccc2F)CC1)C1CC1. The van der Waals surface area contributed by atoms with E-state index in [1.807, 2.05) is 12.1 Å². The fourth-order valence-electron chi connectivity index (χ4n) is 3.08. The molecule has 0 spiro atoms. The van der Waals surface area contributed by atoms with Crippen LogP contribution in [0.25, 0.3) is 0 Å². The van der Waals surface area contributed by atoms with Crippen LogP contribution >= 0.6 is 0 Å². The molecule has 1 aliphatic carbocycles. The van der Waals surface area contributed by atoms with Crippen molar-refractivity contribution < 1.29 is 4.39 Å². The smallest absolute Gasteiger partial charge is 0.146 e. The van der Waals surface area contributed by atoms with Crippen LogP contribution in [0.3, 0.4) is 0 Å². The Kier molecular flexibility index (Phi) is 3.83. The molecule has 1 aromatic rings. The third kappa shape index (κ3) is 3.02. The van der Waals surface area contributed by atoms with E-state index in [2.05, 4.69) is 15.9 Å². The van der Waals surface area contributed by atoms with Gasteiger partial charge in [-0.15, -0.1) is 0 Å². The second-order valence-electron chi connectivity index (χ2n) is 6.14. The van der Waals surface area contributed by atoms with Crippen LogP contribution in [0.15, 0.2) is 24.3 Å². The second kappa shape index (κ2) is 5.63. The lowest BCUT2D eigenvalue weighted by Crippen LogP contribution is -2.56. The van der Waals surface area contributed by atoms with Crippen molar-refractivity contribution in [3.05, 3.63) is 30.1 Å². The van der Waals surface area contributed by atoms with Crippen molar-refractivity contribution in [1.29, 1.82) is 5.26 Å². The third-order valence-electron chi connectivity index (χ3n) is 4.56. The van der Waals surface area contributed by atoms with Crippen molar-refractivity contribution in [2.75, 3.05) is 37.6 Å². The van der Waals surface area contributed by atoms with Gasteiger partial charge in [0.15, 0.2) is 0 Å². The van der Waals surface area contributed by atoms with E-state index in [1.54, 1.807) is 6.07 Å². The fraction of sp³-hybridized carbons (Fsp3) is 0.562. The summed E-state index contributed by atoms with van der Waals surface area (Å²) in [5.41, 5.74) is 6.18. The molecule has 3 rings (SSSR count). The highest BCUT2D eigenvalue weighted by Crippen LogP contribution is 2.38. The van der Waals surface area contributed by atoms with Crippen molar-refractivity contribution in [2.24, 2.45) is 11.7 Å². The Bertz CT molecular complexity index is 543. The average Bonchev–Trinajstić information content (AvgIpc) is 3.34. The first-order valence-electron chi connectivity index (χ1n) is 7.54. The molecule has 1 heterocycles. The molecule has 2 aliphatic rings. The van der Waals surface area contributed by atoms with E-state index in [0.717, 1.165) is 39.0 Å². The van der Waals surface area contributed by atoms with Crippen LogP contribution < -0.4 is 10.6 Å². The summed E-state index contributed by atoms with van der Waals surface area (Å²) in [5.74, 6) is 0.182. The largest absolute Gasteiger partial charge is 0.367 e. The molecule has 1 atom stereocenters. The van der Waals surface area contributed by atoms with Crippen LogP contribution in [0.4, 0.5) is 10.1 Å². The molecular weight excluding hydrogens is 267 g/mol. The van der Waals surface area contributed by atoms with Crippen molar-refractivity contribution >= 4 is 5.69 Å². The van der Waals surface area contributed by atoms with Crippen molar-refractivity contribution in [1.82, 2.24) is 4.90 Å². The van der Waals surface area contributed by atoms with Gasteiger partial charge in [0.2, 0.25) is 0 Å². The van der Waals surface area contributed by atoms with Crippen LogP contribution in [0.5, 0.6) is 0 Å². The van der Waals surface area contributed by atoms with Crippen LogP contribution in [-0.2, 0) is 0 Å². The van der Waals surface area contributed by atoms with Gasteiger partial charge in [-0.2, -0.15) is 5.26 Å². The third-order valence-corrected chi connectivity index (χ3v) is 4.56. The number of benzene rings is 1. The molecule has 2 fully saturated rings. The number of nitrogens with two attached hydrogens (primary N) is 1. The highest BCUT2D eigenvalue weighted by Gasteiger charge is 2.44. The van der Waals surface area contributed by atoms with E-state index < -0.39 is 5.54 Å². The van der Waals surface area contributed by atoms with Gasteiger partial charge in [0, 0.05) is 32.7 Å². The van der Waals surface area contributed by atoms with E-state index in [9.17, 15) is 9.65 Å². The maximum absolute atomic E-state index is 13.8. The Morgan fingerprint density at radius 3 is 2.48 bits per heavy atom. The number of para-hydroxylation sites is 1. The van der Waals surface area contributed by atoms with E-state index in [1.165, 1.54) is 6.07 Å². The molecule has 0 bridgehead atoms. The minimum atomic E-state index is -0.708. The Hall–Kier alpha value is -1.64. The predicted octanol–water partition coefficient (Wildman–Crippen LogP) is 1.58. The molecule has 1 unspecified atom stereocenters. The second-order valence-corrected chi connectivity index (χ2v) is 6.14. The van der Waals surface area contributed by atoms with Gasteiger partial charge in [0.25, 0.3) is 0 Å². The standard InChI is InChI=1S/C16H21FN4/c17-14-3-1-2-4-15(14)21-9-7-20(8-10-21)12-16(19,11-18)13-5-6-13/h1-4,13H,5-10,12,19H2. The van der Waals surface area contributed by atoms with Gasteiger partial charge in [-0.05, 0) is 30.9 Å². The van der Waals surface area contributed by atoms with Crippen molar-refractivity contribution in [2.45, 2.75) is 18.4 Å². The number of hydrogen-bond acceptors (Lipinski definition) is 4. The van der Waals surface area contributed by atoms with Crippen molar-refractivity contribution in [3.63, 3.8) is 0 Å². The zero-order valence-electron chi connectivity index (χ0n) is 12.1. The van der Waals surface area contributed by atoms with Gasteiger partial charge in [0.1, 0.15) is 11.4 Å². The number of nitrogens with zero attached hydrogens (tertiary/aromatic N) is 3. The van der Waals surface area contributed by atoms with Gasteiger partial charge < -0.3 is 10.6 Å². The van der Waals surface area contributed by atoms with E-state index in [4.69, 9.17) is 5.73 Å². The summed E-state index contributed by atoms with van der Waals surface area (Å²) in [5, 5.41) is 9.33. The lowest BCUT2D eigenvalue weighted by atomic mass is 9.95. The Morgan fingerprint density at radius 2 is 1.90 bits per heavy atom. The van der Waals surface area contributed by atoms with Gasteiger partial charge >= 0.3 is 0 Å². The van der Waals surface area contributed by atoms with Gasteiger partial charge in [-0.1, -0.05) is 12.1 Å². The molecule has 1 saturated carbocycles. The lowest BCUT2D eigenvalue weighted by Gasteiger charge is -2.38. The molecule has 0 aromatic heterocycles. The summed E-state index contributed by atoms with van der Waals surface area (Å²) >= 11 is 0. The number of nitriles is 1. The molecule has 5 heteroatoms. The van der Waals surface area contributed by atoms with E-state index in [-0.39, 0.29) is 5.82 Å². The summed E-state index contributed by atoms with van der Waals surface area (Å²) < 4.78 is 13.8. The monoisotopic (exact) mass is 288 g/mol. The minimum Gasteiger partial charge on any atom is -0.367 e. The minimum absolute atomic E-state index is 0.172. The number of halogens is 1. The number of anilines is 1. The molecule has 21 heavy (non-hydrogen) atoms. The molecular formula is C16H21FN4. The maximum atomic E-state index is 13.8. The first-order valence-corrected chi connectivity index (χ1v) is 7.54. The molecule has 0 amide bonds. The predicted molar refractivity (Wildman–Crippen MR) is 80.3 cm³/mol. The maximum Gasteiger partial charge on any atom is 0.146 e. The normalized spacial score (nSPS) is 22.6. The Balaban J connectivity index is 1.58. The molecule has 1 aromatic carbocycles. The number of rotatable bonds is 4. The summed E-state index contributed by atoms with van der Waals surface area (Å²) in [6.45, 7) is 3.81. The van der Waals surface area contributed by atoms with Crippen LogP contribution in [0.2, 0.25) is 0 Å². The molecule has 2 N–H and O–H groups in total. The van der Waals surface area contributed by atoms with E-state index in [0.29, 0.717) is 18.2 Å². The van der Waals surface area contributed by atoms with Gasteiger partial charge in [-0.3, -0.25) is 4.90 Å². The molecule has 1 aliphatic heterocycles. The number of piperazine rings is 1. The van der Waals surface area contributed by atoms with Crippen molar-refractivity contribution in [3.8, 4) is 6.07 Å². The summed E-state index contributed by atoms with van der Waals surface area (Å²) in [6.07, 6.45) is 2.14. The molecule has 112 valence electrons.